The second kappa shape index (κ2) is 6.27. The van der Waals surface area contributed by atoms with E-state index in [9.17, 15) is 5.11 Å². The number of hydrogen-bond donors (Lipinski definition) is 4. The summed E-state index contributed by atoms with van der Waals surface area (Å²) in [6.45, 7) is 0.504. The van der Waals surface area contributed by atoms with Crippen LogP contribution in [-0.4, -0.2) is 48.3 Å². The van der Waals surface area contributed by atoms with Gasteiger partial charge in [0.2, 0.25) is 0 Å². The molecule has 0 spiro atoms. The summed E-state index contributed by atoms with van der Waals surface area (Å²) in [6, 6.07) is -0.274. The molecule has 1 saturated carbocycles. The molecule has 1 saturated heterocycles. The van der Waals surface area contributed by atoms with Crippen LogP contribution < -0.4 is 17.2 Å². The summed E-state index contributed by atoms with van der Waals surface area (Å²) in [5.41, 5.74) is 17.4. The highest BCUT2D eigenvalue weighted by atomic mass is 16.7. The van der Waals surface area contributed by atoms with E-state index in [4.69, 9.17) is 26.7 Å². The molecule has 0 bridgehead atoms. The van der Waals surface area contributed by atoms with Crippen LogP contribution in [0.5, 0.6) is 0 Å². The molecule has 2 rings (SSSR count). The Kier molecular flexibility index (Phi) is 4.94. The van der Waals surface area contributed by atoms with Gasteiger partial charge < -0.3 is 31.8 Å². The molecule has 4 unspecified atom stereocenters. The third-order valence-corrected chi connectivity index (χ3v) is 3.80. The van der Waals surface area contributed by atoms with Crippen molar-refractivity contribution in [2.45, 2.75) is 68.8 Å². The van der Waals surface area contributed by atoms with Gasteiger partial charge in [-0.3, -0.25) is 0 Å². The third-order valence-electron chi connectivity index (χ3n) is 3.80. The van der Waals surface area contributed by atoms with Crippen LogP contribution >= 0.6 is 0 Å². The number of aliphatic hydroxyl groups is 1. The first kappa shape index (κ1) is 14.2. The molecule has 106 valence electrons. The van der Waals surface area contributed by atoms with E-state index in [0.29, 0.717) is 19.4 Å². The lowest BCUT2D eigenvalue weighted by atomic mass is 9.87. The predicted molar refractivity (Wildman–Crippen MR) is 67.6 cm³/mol. The Morgan fingerprint density at radius 1 is 1.22 bits per heavy atom. The largest absolute Gasteiger partial charge is 0.390 e. The van der Waals surface area contributed by atoms with Gasteiger partial charge in [-0.05, 0) is 32.1 Å². The minimum atomic E-state index is -0.606. The Labute approximate surface area is 108 Å². The molecule has 1 aliphatic carbocycles. The lowest BCUT2D eigenvalue weighted by Crippen LogP contribution is -2.55. The van der Waals surface area contributed by atoms with Crippen LogP contribution in [0.3, 0.4) is 0 Å². The fourth-order valence-electron chi connectivity index (χ4n) is 2.81. The van der Waals surface area contributed by atoms with Gasteiger partial charge in [-0.2, -0.15) is 0 Å². The van der Waals surface area contributed by atoms with Gasteiger partial charge in [-0.25, -0.2) is 0 Å². The van der Waals surface area contributed by atoms with Gasteiger partial charge >= 0.3 is 0 Å². The van der Waals surface area contributed by atoms with Gasteiger partial charge in [-0.15, -0.1) is 0 Å². The summed E-state index contributed by atoms with van der Waals surface area (Å²) in [4.78, 5) is 0. The summed E-state index contributed by atoms with van der Waals surface area (Å²) < 4.78 is 11.5. The molecule has 18 heavy (non-hydrogen) atoms. The van der Waals surface area contributed by atoms with Crippen molar-refractivity contribution in [1.82, 2.24) is 0 Å². The first-order valence-corrected chi connectivity index (χ1v) is 6.80. The molecule has 0 aromatic rings. The van der Waals surface area contributed by atoms with Gasteiger partial charge in [0.1, 0.15) is 6.10 Å². The minimum absolute atomic E-state index is 0.0427. The molecule has 2 aliphatic rings. The van der Waals surface area contributed by atoms with Crippen molar-refractivity contribution in [3.63, 3.8) is 0 Å². The van der Waals surface area contributed by atoms with Gasteiger partial charge in [0, 0.05) is 18.6 Å². The average molecular weight is 259 g/mol. The average Bonchev–Trinajstić information content (AvgIpc) is 2.34. The first-order chi connectivity index (χ1) is 8.60. The quantitative estimate of drug-likeness (QED) is 0.518. The molecule has 2 fully saturated rings. The summed E-state index contributed by atoms with van der Waals surface area (Å²) >= 11 is 0. The summed E-state index contributed by atoms with van der Waals surface area (Å²) in [6.07, 6.45) is 2.82. The third kappa shape index (κ3) is 3.40. The Bertz CT molecular complexity index is 255. The van der Waals surface area contributed by atoms with Gasteiger partial charge in [0.15, 0.2) is 6.29 Å². The van der Waals surface area contributed by atoms with E-state index in [-0.39, 0.29) is 30.6 Å². The second-order valence-corrected chi connectivity index (χ2v) is 5.42. The van der Waals surface area contributed by atoms with Crippen LogP contribution in [0.4, 0.5) is 0 Å². The van der Waals surface area contributed by atoms with E-state index < -0.39 is 6.10 Å². The van der Waals surface area contributed by atoms with Gasteiger partial charge in [-0.1, -0.05) is 0 Å². The van der Waals surface area contributed by atoms with E-state index in [1.807, 2.05) is 0 Å². The molecule has 6 heteroatoms. The van der Waals surface area contributed by atoms with Crippen LogP contribution in [0.15, 0.2) is 0 Å². The Morgan fingerprint density at radius 2 is 2.00 bits per heavy atom. The van der Waals surface area contributed by atoms with Crippen LogP contribution in [0.25, 0.3) is 0 Å². The van der Waals surface area contributed by atoms with Crippen molar-refractivity contribution in [2.24, 2.45) is 17.2 Å². The Morgan fingerprint density at radius 3 is 2.67 bits per heavy atom. The maximum absolute atomic E-state index is 10.00. The van der Waals surface area contributed by atoms with Crippen molar-refractivity contribution in [2.75, 3.05) is 6.54 Å². The summed E-state index contributed by atoms with van der Waals surface area (Å²) in [5, 5.41) is 10.00. The SMILES string of the molecule is NCC1CCC[C@@H](O[C@@H]2C(N)CC(N)CC2O)O1. The zero-order valence-electron chi connectivity index (χ0n) is 10.7. The number of rotatable bonds is 3. The van der Waals surface area contributed by atoms with Crippen LogP contribution in [0, 0.1) is 0 Å². The Hall–Kier alpha value is -0.240. The normalized spacial score (nSPS) is 46.0. The summed E-state index contributed by atoms with van der Waals surface area (Å²) in [7, 11) is 0. The fourth-order valence-corrected chi connectivity index (χ4v) is 2.81. The Balaban J connectivity index is 1.87. The molecule has 0 amide bonds. The number of ether oxygens (including phenoxy) is 2. The van der Waals surface area contributed by atoms with Crippen molar-refractivity contribution in [3.05, 3.63) is 0 Å². The first-order valence-electron chi connectivity index (χ1n) is 6.80. The lowest BCUT2D eigenvalue weighted by molar-refractivity contribution is -0.235. The predicted octanol–water partition coefficient (Wildman–Crippen LogP) is -0.965. The zero-order chi connectivity index (χ0) is 13.1. The molecule has 1 heterocycles. The molecule has 0 aromatic carbocycles. The fraction of sp³-hybridized carbons (Fsp3) is 1.00. The standard InChI is InChI=1S/C12H25N3O3/c13-6-8-2-1-3-11(17-8)18-12-9(15)4-7(14)5-10(12)16/h7-12,16H,1-6,13-15H2/t7?,8?,9?,10?,11-,12-/m1/s1. The number of aliphatic hydroxyl groups excluding tert-OH is 1. The van der Waals surface area contributed by atoms with Gasteiger partial charge in [0.05, 0.1) is 12.2 Å². The minimum Gasteiger partial charge on any atom is -0.390 e. The van der Waals surface area contributed by atoms with Crippen molar-refractivity contribution in [1.29, 1.82) is 0 Å². The van der Waals surface area contributed by atoms with Crippen molar-refractivity contribution >= 4 is 0 Å². The molecule has 6 nitrogen and oxygen atoms in total. The van der Waals surface area contributed by atoms with E-state index in [0.717, 1.165) is 19.3 Å². The van der Waals surface area contributed by atoms with E-state index in [2.05, 4.69) is 0 Å². The molecule has 6 atom stereocenters. The smallest absolute Gasteiger partial charge is 0.158 e. The van der Waals surface area contributed by atoms with Crippen LogP contribution in [0.1, 0.15) is 32.1 Å². The van der Waals surface area contributed by atoms with Crippen LogP contribution in [0.2, 0.25) is 0 Å². The van der Waals surface area contributed by atoms with Gasteiger partial charge in [0.25, 0.3) is 0 Å². The maximum atomic E-state index is 10.00. The zero-order valence-corrected chi connectivity index (χ0v) is 10.7. The van der Waals surface area contributed by atoms with Crippen LogP contribution in [-0.2, 0) is 9.47 Å². The topological polar surface area (TPSA) is 117 Å². The van der Waals surface area contributed by atoms with Crippen molar-refractivity contribution in [3.8, 4) is 0 Å². The van der Waals surface area contributed by atoms with E-state index in [1.54, 1.807) is 0 Å². The number of nitrogens with two attached hydrogens (primary N) is 3. The highest BCUT2D eigenvalue weighted by Crippen LogP contribution is 2.26. The van der Waals surface area contributed by atoms with Crippen molar-refractivity contribution < 1.29 is 14.6 Å². The van der Waals surface area contributed by atoms with E-state index in [1.165, 1.54) is 0 Å². The highest BCUT2D eigenvalue weighted by molar-refractivity contribution is 4.91. The monoisotopic (exact) mass is 259 g/mol. The molecule has 0 aromatic heterocycles. The second-order valence-electron chi connectivity index (χ2n) is 5.42. The van der Waals surface area contributed by atoms with E-state index >= 15 is 0 Å². The maximum Gasteiger partial charge on any atom is 0.158 e. The molecule has 1 aliphatic heterocycles. The number of hydrogen-bond acceptors (Lipinski definition) is 6. The molecule has 0 radical (unpaired) electrons. The summed E-state index contributed by atoms with van der Waals surface area (Å²) in [5.74, 6) is 0. The molecular weight excluding hydrogens is 234 g/mol. The lowest BCUT2D eigenvalue weighted by Gasteiger charge is -2.39. The highest BCUT2D eigenvalue weighted by Gasteiger charge is 2.37. The molecular formula is C12H25N3O3. The molecule has 7 N–H and O–H groups in total.